The van der Waals surface area contributed by atoms with Gasteiger partial charge in [-0.15, -0.1) is 0 Å². The smallest absolute Gasteiger partial charge is 0.251 e. The van der Waals surface area contributed by atoms with Crippen molar-refractivity contribution in [3.63, 3.8) is 0 Å². The molecule has 0 aliphatic heterocycles. The fourth-order valence-corrected chi connectivity index (χ4v) is 1.94. The third-order valence-corrected chi connectivity index (χ3v) is 2.94. The van der Waals surface area contributed by atoms with E-state index in [0.29, 0.717) is 17.8 Å². The predicted molar refractivity (Wildman–Crippen MR) is 74.6 cm³/mol. The number of carbonyl (C=O) groups excluding carboxylic acids is 1. The number of amides is 1. The molecule has 0 aliphatic carbocycles. The molecule has 0 fully saturated rings. The van der Waals surface area contributed by atoms with Crippen LogP contribution in [-0.4, -0.2) is 15.7 Å². The Hall–Kier alpha value is -2.30. The van der Waals surface area contributed by atoms with Crippen LogP contribution in [0.4, 0.5) is 5.69 Å². The summed E-state index contributed by atoms with van der Waals surface area (Å²) in [5.74, 6) is -0.106. The van der Waals surface area contributed by atoms with Gasteiger partial charge in [-0.3, -0.25) is 9.48 Å². The van der Waals surface area contributed by atoms with E-state index in [0.717, 1.165) is 17.7 Å². The minimum atomic E-state index is -0.106. The first-order chi connectivity index (χ1) is 9.10. The van der Waals surface area contributed by atoms with Crippen molar-refractivity contribution in [3.8, 4) is 0 Å². The van der Waals surface area contributed by atoms with Gasteiger partial charge in [0.25, 0.3) is 5.91 Å². The van der Waals surface area contributed by atoms with Crippen LogP contribution in [0.3, 0.4) is 0 Å². The van der Waals surface area contributed by atoms with E-state index < -0.39 is 0 Å². The Morgan fingerprint density at radius 2 is 2.05 bits per heavy atom. The second-order valence-corrected chi connectivity index (χ2v) is 4.43. The molecule has 1 aromatic heterocycles. The van der Waals surface area contributed by atoms with Crippen molar-refractivity contribution in [1.29, 1.82) is 0 Å². The predicted octanol–water partition coefficient (Wildman–Crippen LogP) is 1.49. The van der Waals surface area contributed by atoms with Gasteiger partial charge in [-0.2, -0.15) is 5.10 Å². The van der Waals surface area contributed by atoms with E-state index in [1.54, 1.807) is 28.9 Å². The molecule has 0 saturated carbocycles. The monoisotopic (exact) mass is 258 g/mol. The molecular weight excluding hydrogens is 240 g/mol. The number of aryl methyl sites for hydroxylation is 2. The molecule has 0 spiro atoms. The number of anilines is 1. The zero-order valence-corrected chi connectivity index (χ0v) is 11.2. The number of benzene rings is 1. The standard InChI is InChI=1S/C14H18N4O/c1-3-13-11(9-18(2)17-13)8-16-14(19)10-4-6-12(15)7-5-10/h4-7,9H,3,8,15H2,1-2H3,(H,16,19). The molecule has 3 N–H and O–H groups in total. The van der Waals surface area contributed by atoms with Crippen LogP contribution in [0.2, 0.25) is 0 Å². The third kappa shape index (κ3) is 3.13. The highest BCUT2D eigenvalue weighted by atomic mass is 16.1. The molecule has 100 valence electrons. The summed E-state index contributed by atoms with van der Waals surface area (Å²) in [7, 11) is 1.88. The molecule has 5 heteroatoms. The minimum Gasteiger partial charge on any atom is -0.399 e. The van der Waals surface area contributed by atoms with Crippen molar-refractivity contribution in [1.82, 2.24) is 15.1 Å². The van der Waals surface area contributed by atoms with Crippen molar-refractivity contribution in [2.75, 3.05) is 5.73 Å². The third-order valence-electron chi connectivity index (χ3n) is 2.94. The summed E-state index contributed by atoms with van der Waals surface area (Å²) >= 11 is 0. The molecule has 1 amide bonds. The maximum Gasteiger partial charge on any atom is 0.251 e. The van der Waals surface area contributed by atoms with Crippen molar-refractivity contribution < 1.29 is 4.79 Å². The quantitative estimate of drug-likeness (QED) is 0.816. The van der Waals surface area contributed by atoms with Crippen LogP contribution < -0.4 is 11.1 Å². The van der Waals surface area contributed by atoms with Crippen molar-refractivity contribution >= 4 is 11.6 Å². The molecule has 0 saturated heterocycles. The molecule has 2 rings (SSSR count). The van der Waals surface area contributed by atoms with Gasteiger partial charge < -0.3 is 11.1 Å². The summed E-state index contributed by atoms with van der Waals surface area (Å²) in [5.41, 5.74) is 8.91. The Morgan fingerprint density at radius 1 is 1.37 bits per heavy atom. The molecule has 0 bridgehead atoms. The number of carbonyl (C=O) groups is 1. The Kier molecular flexibility index (Phi) is 3.85. The van der Waals surface area contributed by atoms with E-state index in [4.69, 9.17) is 5.73 Å². The maximum absolute atomic E-state index is 12.0. The van der Waals surface area contributed by atoms with E-state index in [1.807, 2.05) is 20.2 Å². The molecule has 1 heterocycles. The lowest BCUT2D eigenvalue weighted by molar-refractivity contribution is 0.0951. The number of rotatable bonds is 4. The summed E-state index contributed by atoms with van der Waals surface area (Å²) in [6, 6.07) is 6.87. The van der Waals surface area contributed by atoms with Crippen LogP contribution in [0.5, 0.6) is 0 Å². The Balaban J connectivity index is 2.02. The van der Waals surface area contributed by atoms with Gasteiger partial charge in [0.15, 0.2) is 0 Å². The molecule has 0 unspecified atom stereocenters. The molecule has 19 heavy (non-hydrogen) atoms. The lowest BCUT2D eigenvalue weighted by Gasteiger charge is -2.05. The first-order valence-corrected chi connectivity index (χ1v) is 6.25. The molecule has 0 atom stereocenters. The second kappa shape index (κ2) is 5.56. The van der Waals surface area contributed by atoms with Gasteiger partial charge in [0.1, 0.15) is 0 Å². The maximum atomic E-state index is 12.0. The number of hydrogen-bond acceptors (Lipinski definition) is 3. The number of nitrogen functional groups attached to an aromatic ring is 1. The first-order valence-electron chi connectivity index (χ1n) is 6.25. The molecule has 1 aromatic carbocycles. The molecule has 0 radical (unpaired) electrons. The van der Waals surface area contributed by atoms with Gasteiger partial charge in [-0.05, 0) is 30.7 Å². The van der Waals surface area contributed by atoms with E-state index in [-0.39, 0.29) is 5.91 Å². The molecular formula is C14H18N4O. The van der Waals surface area contributed by atoms with Crippen LogP contribution in [0.25, 0.3) is 0 Å². The molecule has 0 aliphatic rings. The lowest BCUT2D eigenvalue weighted by Crippen LogP contribution is -2.23. The van der Waals surface area contributed by atoms with Crippen molar-refractivity contribution in [2.24, 2.45) is 7.05 Å². The largest absolute Gasteiger partial charge is 0.399 e. The summed E-state index contributed by atoms with van der Waals surface area (Å²) in [5, 5.41) is 7.23. The number of nitrogens with zero attached hydrogens (tertiary/aromatic N) is 2. The number of nitrogens with one attached hydrogen (secondary N) is 1. The SMILES string of the molecule is CCc1nn(C)cc1CNC(=O)c1ccc(N)cc1. The summed E-state index contributed by atoms with van der Waals surface area (Å²) in [4.78, 5) is 12.0. The highest BCUT2D eigenvalue weighted by molar-refractivity contribution is 5.94. The van der Waals surface area contributed by atoms with Gasteiger partial charge in [0, 0.05) is 36.6 Å². The average molecular weight is 258 g/mol. The number of hydrogen-bond donors (Lipinski definition) is 2. The second-order valence-electron chi connectivity index (χ2n) is 4.43. The van der Waals surface area contributed by atoms with Crippen molar-refractivity contribution in [2.45, 2.75) is 19.9 Å². The Morgan fingerprint density at radius 3 is 2.68 bits per heavy atom. The zero-order chi connectivity index (χ0) is 13.8. The van der Waals surface area contributed by atoms with E-state index in [1.165, 1.54) is 0 Å². The van der Waals surface area contributed by atoms with Crippen LogP contribution in [0.1, 0.15) is 28.5 Å². The van der Waals surface area contributed by atoms with Gasteiger partial charge in [0.05, 0.1) is 5.69 Å². The number of aromatic nitrogens is 2. The highest BCUT2D eigenvalue weighted by Gasteiger charge is 2.09. The Labute approximate surface area is 112 Å². The highest BCUT2D eigenvalue weighted by Crippen LogP contribution is 2.08. The van der Waals surface area contributed by atoms with Crippen LogP contribution >= 0.6 is 0 Å². The first kappa shape index (κ1) is 13.1. The van der Waals surface area contributed by atoms with Crippen molar-refractivity contribution in [3.05, 3.63) is 47.3 Å². The summed E-state index contributed by atoms with van der Waals surface area (Å²) in [6.07, 6.45) is 2.79. The Bertz CT molecular complexity index is 572. The van der Waals surface area contributed by atoms with Crippen LogP contribution in [0.15, 0.2) is 30.5 Å². The van der Waals surface area contributed by atoms with Gasteiger partial charge >= 0.3 is 0 Å². The fraction of sp³-hybridized carbons (Fsp3) is 0.286. The number of nitrogens with two attached hydrogens (primary N) is 1. The van der Waals surface area contributed by atoms with Crippen LogP contribution in [-0.2, 0) is 20.0 Å². The zero-order valence-electron chi connectivity index (χ0n) is 11.2. The van der Waals surface area contributed by atoms with Gasteiger partial charge in [0.2, 0.25) is 0 Å². The molecule has 5 nitrogen and oxygen atoms in total. The van der Waals surface area contributed by atoms with E-state index >= 15 is 0 Å². The topological polar surface area (TPSA) is 72.9 Å². The minimum absolute atomic E-state index is 0.106. The van der Waals surface area contributed by atoms with E-state index in [9.17, 15) is 4.79 Å². The normalized spacial score (nSPS) is 10.4. The lowest BCUT2D eigenvalue weighted by atomic mass is 10.1. The average Bonchev–Trinajstić information content (AvgIpc) is 2.77. The fourth-order valence-electron chi connectivity index (χ4n) is 1.94. The van der Waals surface area contributed by atoms with E-state index in [2.05, 4.69) is 10.4 Å². The molecule has 2 aromatic rings. The van der Waals surface area contributed by atoms with Gasteiger partial charge in [-0.1, -0.05) is 6.92 Å². The summed E-state index contributed by atoms with van der Waals surface area (Å²) < 4.78 is 1.77. The summed E-state index contributed by atoms with van der Waals surface area (Å²) in [6.45, 7) is 2.54. The van der Waals surface area contributed by atoms with Gasteiger partial charge in [-0.25, -0.2) is 0 Å². The van der Waals surface area contributed by atoms with Crippen LogP contribution in [0, 0.1) is 0 Å².